The van der Waals surface area contributed by atoms with Crippen LogP contribution in [0.3, 0.4) is 0 Å². The highest BCUT2D eigenvalue weighted by molar-refractivity contribution is 7.89. The van der Waals surface area contributed by atoms with Gasteiger partial charge in [-0.1, -0.05) is 13.8 Å². The molecule has 0 spiro atoms. The van der Waals surface area contributed by atoms with Crippen molar-refractivity contribution < 1.29 is 18.3 Å². The predicted octanol–water partition coefficient (Wildman–Crippen LogP) is 2.35. The molecule has 0 aliphatic carbocycles. The van der Waals surface area contributed by atoms with Crippen molar-refractivity contribution in [2.45, 2.75) is 24.7 Å². The van der Waals surface area contributed by atoms with Crippen LogP contribution in [-0.4, -0.2) is 52.9 Å². The van der Waals surface area contributed by atoms with E-state index in [9.17, 15) is 8.42 Å². The molecule has 0 aliphatic rings. The van der Waals surface area contributed by atoms with E-state index >= 15 is 0 Å². The van der Waals surface area contributed by atoms with E-state index in [1.165, 1.54) is 18.4 Å². The molecule has 0 saturated heterocycles. The van der Waals surface area contributed by atoms with Gasteiger partial charge in [-0.05, 0) is 42.3 Å². The van der Waals surface area contributed by atoms with E-state index in [0.29, 0.717) is 11.6 Å². The van der Waals surface area contributed by atoms with E-state index in [0.717, 1.165) is 22.6 Å². The fourth-order valence-electron chi connectivity index (χ4n) is 3.19. The van der Waals surface area contributed by atoms with Gasteiger partial charge in [0.15, 0.2) is 5.65 Å². The number of carbonyl (C=O) groups is 1. The van der Waals surface area contributed by atoms with Crippen LogP contribution in [0.25, 0.3) is 5.65 Å². The average molecular weight is 497 g/mol. The number of carbonyl (C=O) groups excluding carboxylic acids is 1. The lowest BCUT2D eigenvalue weighted by molar-refractivity contribution is -0.283. The van der Waals surface area contributed by atoms with E-state index in [2.05, 4.69) is 34.6 Å². The summed E-state index contributed by atoms with van der Waals surface area (Å²) in [5.74, 6) is 1.60. The Labute approximate surface area is 203 Å². The molecule has 35 heavy (non-hydrogen) atoms. The Balaban J connectivity index is 0.00000108. The summed E-state index contributed by atoms with van der Waals surface area (Å²) in [5.41, 5.74) is 3.37. The van der Waals surface area contributed by atoms with Crippen LogP contribution in [0.1, 0.15) is 25.3 Å². The quantitative estimate of drug-likeness (QED) is 0.368. The molecular formula is C23H26N7O4S-. The van der Waals surface area contributed by atoms with E-state index in [4.69, 9.17) is 14.9 Å². The van der Waals surface area contributed by atoms with Crippen LogP contribution in [0.2, 0.25) is 0 Å². The predicted molar refractivity (Wildman–Crippen MR) is 131 cm³/mol. The lowest BCUT2D eigenvalue weighted by Crippen LogP contribution is -2.22. The van der Waals surface area contributed by atoms with Gasteiger partial charge < -0.3 is 20.5 Å². The number of rotatable bonds is 7. The zero-order chi connectivity index (χ0) is 25.6. The first kappa shape index (κ1) is 25.6. The van der Waals surface area contributed by atoms with Crippen LogP contribution >= 0.6 is 0 Å². The molecule has 0 atom stereocenters. The van der Waals surface area contributed by atoms with Crippen LogP contribution in [0.4, 0.5) is 23.0 Å². The smallest absolute Gasteiger partial charge is 0.242 e. The summed E-state index contributed by atoms with van der Waals surface area (Å²) in [6, 6.07) is 12.2. The molecular weight excluding hydrogens is 470 g/mol. The first-order valence-corrected chi connectivity index (χ1v) is 12.0. The number of hydrogen-bond acceptors (Lipinski definition) is 9. The van der Waals surface area contributed by atoms with Crippen molar-refractivity contribution in [2.24, 2.45) is 0 Å². The number of benzene rings is 1. The summed E-state index contributed by atoms with van der Waals surface area (Å²) in [5, 5.41) is 19.4. The minimum atomic E-state index is -3.49. The maximum Gasteiger partial charge on any atom is 0.242 e. The molecule has 3 aromatic heterocycles. The topological polar surface area (TPSA) is 145 Å². The third kappa shape index (κ3) is 5.91. The number of fused-ring (bicyclic) bond motifs is 1. The number of anilines is 4. The van der Waals surface area contributed by atoms with Crippen molar-refractivity contribution in [3.63, 3.8) is 0 Å². The summed E-state index contributed by atoms with van der Waals surface area (Å²) in [4.78, 5) is 17.3. The van der Waals surface area contributed by atoms with Gasteiger partial charge in [0.25, 0.3) is 0 Å². The molecule has 184 valence electrons. The Morgan fingerprint density at radius 1 is 1.03 bits per heavy atom. The third-order valence-corrected chi connectivity index (χ3v) is 6.81. The minimum absolute atomic E-state index is 0.231. The number of pyridine rings is 1. The molecule has 0 radical (unpaired) electrons. The van der Waals surface area contributed by atoms with Gasteiger partial charge in [-0.3, -0.25) is 4.98 Å². The number of sulfonamides is 1. The van der Waals surface area contributed by atoms with Crippen molar-refractivity contribution in [1.29, 1.82) is 0 Å². The molecule has 0 fully saturated rings. The number of carboxylic acid groups (broad SMARTS) is 1. The monoisotopic (exact) mass is 496 g/mol. The van der Waals surface area contributed by atoms with Crippen LogP contribution in [0.5, 0.6) is 0 Å². The van der Waals surface area contributed by atoms with Crippen molar-refractivity contribution in [3.8, 4) is 0 Å². The largest absolute Gasteiger partial charge is 0.554 e. The van der Waals surface area contributed by atoms with E-state index < -0.39 is 16.5 Å². The van der Waals surface area contributed by atoms with Gasteiger partial charge in [0, 0.05) is 56.0 Å². The highest BCUT2D eigenvalue weighted by Crippen LogP contribution is 2.27. The Morgan fingerprint density at radius 3 is 2.20 bits per heavy atom. The summed E-state index contributed by atoms with van der Waals surface area (Å²) in [7, 11) is -0.465. The van der Waals surface area contributed by atoms with E-state index in [-0.39, 0.29) is 10.8 Å². The number of aromatic nitrogens is 4. The first-order valence-electron chi connectivity index (χ1n) is 10.6. The standard InChI is InChI=1S/C22H25N7O2S.CH2O2/c1-15(2)19-14-24-29-21(13-20(27-22(19)29)25-17-9-11-23-12-10-17)26-16-5-7-18(8-6-16)32(30,31)28(3)4;2-1-3/h5-15,26H,1-4H3,(H,23,25,27);1H,(H,2,3)/p-1. The summed E-state index contributed by atoms with van der Waals surface area (Å²) < 4.78 is 27.6. The van der Waals surface area contributed by atoms with Crippen LogP contribution in [0, 0.1) is 0 Å². The molecule has 2 N–H and O–H groups in total. The van der Waals surface area contributed by atoms with Crippen molar-refractivity contribution >= 4 is 45.2 Å². The van der Waals surface area contributed by atoms with Gasteiger partial charge in [0.05, 0.1) is 11.1 Å². The Morgan fingerprint density at radius 2 is 1.63 bits per heavy atom. The van der Waals surface area contributed by atoms with Gasteiger partial charge in [-0.25, -0.2) is 17.7 Å². The van der Waals surface area contributed by atoms with Crippen molar-refractivity contribution in [2.75, 3.05) is 24.7 Å². The highest BCUT2D eigenvalue weighted by Gasteiger charge is 2.17. The number of nitrogens with zero attached hydrogens (tertiary/aromatic N) is 5. The summed E-state index contributed by atoms with van der Waals surface area (Å²) in [6.07, 6.45) is 5.24. The first-order chi connectivity index (χ1) is 16.7. The fourth-order valence-corrected chi connectivity index (χ4v) is 4.09. The lowest BCUT2D eigenvalue weighted by atomic mass is 10.1. The van der Waals surface area contributed by atoms with Gasteiger partial charge in [-0.15, -0.1) is 0 Å². The van der Waals surface area contributed by atoms with Gasteiger partial charge >= 0.3 is 0 Å². The summed E-state index contributed by atoms with van der Waals surface area (Å²) >= 11 is 0. The second-order valence-electron chi connectivity index (χ2n) is 7.91. The van der Waals surface area contributed by atoms with Crippen molar-refractivity contribution in [3.05, 3.63) is 66.6 Å². The molecule has 1 aromatic carbocycles. The number of nitrogens with one attached hydrogen (secondary N) is 2. The van der Waals surface area contributed by atoms with E-state index in [1.54, 1.807) is 41.2 Å². The molecule has 4 rings (SSSR count). The van der Waals surface area contributed by atoms with Gasteiger partial charge in [-0.2, -0.15) is 9.61 Å². The van der Waals surface area contributed by atoms with Crippen LogP contribution in [0.15, 0.2) is 66.0 Å². The van der Waals surface area contributed by atoms with Crippen LogP contribution < -0.4 is 15.7 Å². The second kappa shape index (κ2) is 10.9. The zero-order valence-electron chi connectivity index (χ0n) is 19.7. The zero-order valence-corrected chi connectivity index (χ0v) is 20.5. The molecule has 0 aliphatic heterocycles. The van der Waals surface area contributed by atoms with Crippen molar-refractivity contribution in [1.82, 2.24) is 23.9 Å². The molecule has 4 aromatic rings. The second-order valence-corrected chi connectivity index (χ2v) is 10.1. The molecule has 0 unspecified atom stereocenters. The van der Waals surface area contributed by atoms with E-state index in [1.807, 2.05) is 24.4 Å². The molecule has 0 amide bonds. The highest BCUT2D eigenvalue weighted by atomic mass is 32.2. The summed E-state index contributed by atoms with van der Waals surface area (Å²) in [6.45, 7) is 3.69. The SMILES string of the molecule is CC(C)c1cnn2c(Nc3ccc(S(=O)(=O)N(C)C)cc3)cc(Nc3ccncc3)nc12.O=C[O-]. The lowest BCUT2D eigenvalue weighted by Gasteiger charge is -2.14. The molecule has 0 bridgehead atoms. The fraction of sp³-hybridized carbons (Fsp3) is 0.217. The minimum Gasteiger partial charge on any atom is -0.554 e. The maximum absolute atomic E-state index is 12.3. The number of hydrogen-bond donors (Lipinski definition) is 2. The average Bonchev–Trinajstić information content (AvgIpc) is 3.25. The molecule has 3 heterocycles. The van der Waals surface area contributed by atoms with Gasteiger partial charge in [0.1, 0.15) is 11.6 Å². The molecule has 11 nitrogen and oxygen atoms in total. The van der Waals surface area contributed by atoms with Crippen LogP contribution in [-0.2, 0) is 14.8 Å². The third-order valence-electron chi connectivity index (χ3n) is 4.98. The Bertz CT molecular complexity index is 1390. The Kier molecular flexibility index (Phi) is 7.99. The van der Waals surface area contributed by atoms with Gasteiger partial charge in [0.2, 0.25) is 10.0 Å². The maximum atomic E-state index is 12.3. The molecule has 12 heteroatoms. The Hall–Kier alpha value is -4.03. The molecule has 0 saturated carbocycles. The normalized spacial score (nSPS) is 11.3.